The average Bonchev–Trinajstić information content (AvgIpc) is 3.34. The molecule has 1 radical (unpaired) electrons. The number of aromatic nitrogens is 4. The van der Waals surface area contributed by atoms with Gasteiger partial charge in [-0.1, -0.05) is 67.0 Å². The van der Waals surface area contributed by atoms with Gasteiger partial charge in [-0.15, -0.1) is 0 Å². The van der Waals surface area contributed by atoms with E-state index in [4.69, 9.17) is 4.98 Å². The minimum atomic E-state index is -0.610. The minimum absolute atomic E-state index is 0. The predicted molar refractivity (Wildman–Crippen MR) is 145 cm³/mol. The fraction of sp³-hybridized carbons (Fsp3) is 0.172. The molecule has 9 heteroatoms. The summed E-state index contributed by atoms with van der Waals surface area (Å²) in [6, 6.07) is 21.4. The second-order valence-corrected chi connectivity index (χ2v) is 8.81. The molecule has 38 heavy (non-hydrogen) atoms. The van der Waals surface area contributed by atoms with Crippen LogP contribution < -0.4 is 11.3 Å². The number of nitrogens with one attached hydrogen (secondary N) is 1. The van der Waals surface area contributed by atoms with E-state index in [1.54, 1.807) is 19.1 Å². The Balaban J connectivity index is 0.00000336. The van der Waals surface area contributed by atoms with Gasteiger partial charge in [0.25, 0.3) is 5.56 Å². The first-order valence-electron chi connectivity index (χ1n) is 12.1. The maximum Gasteiger partial charge on any atom is 0.439 e. The number of aryl methyl sites for hydroxylation is 2. The van der Waals surface area contributed by atoms with Crippen LogP contribution in [0.2, 0.25) is 0 Å². The largest absolute Gasteiger partial charge is 0.439 e. The number of hydrogen-bond acceptors (Lipinski definition) is 5. The molecule has 0 saturated carbocycles. The summed E-state index contributed by atoms with van der Waals surface area (Å²) in [5.74, 6) is -0.0366. The number of hydrogen-bond donors (Lipinski definition) is 1. The van der Waals surface area contributed by atoms with Gasteiger partial charge in [0.05, 0.1) is 11.4 Å². The third-order valence-corrected chi connectivity index (χ3v) is 6.27. The van der Waals surface area contributed by atoms with Gasteiger partial charge >= 0.3 is 5.76 Å². The summed E-state index contributed by atoms with van der Waals surface area (Å²) in [4.78, 5) is 32.5. The smallest absolute Gasteiger partial charge is 0.296 e. The van der Waals surface area contributed by atoms with E-state index < -0.39 is 5.76 Å². The number of halogens is 1. The topological polar surface area (TPSA) is 93.8 Å². The normalized spacial score (nSPS) is 10.8. The van der Waals surface area contributed by atoms with E-state index in [2.05, 4.69) is 21.6 Å². The molecule has 5 rings (SSSR count). The average molecular weight is 536 g/mol. The van der Waals surface area contributed by atoms with E-state index in [1.165, 1.54) is 16.7 Å². The Morgan fingerprint density at radius 1 is 0.947 bits per heavy atom. The summed E-state index contributed by atoms with van der Waals surface area (Å²) in [6.45, 7) is 3.85. The third kappa shape index (κ3) is 5.87. The van der Waals surface area contributed by atoms with Gasteiger partial charge in [-0.25, -0.2) is 14.2 Å². The Morgan fingerprint density at radius 3 is 2.26 bits per heavy atom. The van der Waals surface area contributed by atoms with Gasteiger partial charge in [0.15, 0.2) is 5.82 Å². The van der Waals surface area contributed by atoms with E-state index in [0.717, 1.165) is 34.4 Å². The fourth-order valence-corrected chi connectivity index (χ4v) is 4.53. The SMILES string of the molecule is CCCc1nc(C)n(-c2ccc(F)cc2)c(=O)c1Cc1ccc(-c2ccccc2-c2noc(=O)[nH]2)cc1.[K]. The second kappa shape index (κ2) is 12.3. The molecule has 0 unspecified atom stereocenters. The molecule has 1 N–H and O–H groups in total. The molecular weight excluding hydrogens is 510 g/mol. The van der Waals surface area contributed by atoms with Crippen molar-refractivity contribution in [3.63, 3.8) is 0 Å². The maximum atomic E-state index is 13.7. The Kier molecular flexibility index (Phi) is 9.06. The number of benzene rings is 3. The zero-order valence-electron chi connectivity index (χ0n) is 21.5. The van der Waals surface area contributed by atoms with Crippen molar-refractivity contribution in [1.29, 1.82) is 0 Å². The molecular formula is C29H25FKN4O3. The van der Waals surface area contributed by atoms with E-state index in [-0.39, 0.29) is 62.8 Å². The fourth-order valence-electron chi connectivity index (χ4n) is 4.53. The number of nitrogens with zero attached hydrogens (tertiary/aromatic N) is 3. The molecule has 2 heterocycles. The second-order valence-electron chi connectivity index (χ2n) is 8.81. The molecule has 187 valence electrons. The quantitative estimate of drug-likeness (QED) is 0.301. The van der Waals surface area contributed by atoms with Crippen LogP contribution in [0, 0.1) is 12.7 Å². The van der Waals surface area contributed by atoms with Gasteiger partial charge in [-0.05, 0) is 54.3 Å². The van der Waals surface area contributed by atoms with Crippen molar-refractivity contribution in [3.8, 4) is 28.2 Å². The summed E-state index contributed by atoms with van der Waals surface area (Å²) in [6.07, 6.45) is 1.97. The maximum absolute atomic E-state index is 13.7. The van der Waals surface area contributed by atoms with Gasteiger partial charge in [0.2, 0.25) is 0 Å². The molecule has 0 aliphatic rings. The molecule has 0 fully saturated rings. The molecule has 0 amide bonds. The van der Waals surface area contributed by atoms with Crippen LogP contribution in [0.1, 0.15) is 36.0 Å². The van der Waals surface area contributed by atoms with Crippen molar-refractivity contribution in [2.45, 2.75) is 33.1 Å². The van der Waals surface area contributed by atoms with Crippen LogP contribution in [0.25, 0.3) is 28.2 Å². The summed E-state index contributed by atoms with van der Waals surface area (Å²) < 4.78 is 19.7. The number of aromatic amines is 1. The summed E-state index contributed by atoms with van der Waals surface area (Å²) >= 11 is 0. The van der Waals surface area contributed by atoms with Crippen LogP contribution in [0.5, 0.6) is 0 Å². The van der Waals surface area contributed by atoms with Crippen molar-refractivity contribution >= 4 is 51.4 Å². The Morgan fingerprint density at radius 2 is 1.63 bits per heavy atom. The third-order valence-electron chi connectivity index (χ3n) is 6.27. The molecule has 0 atom stereocenters. The Hall–Kier alpha value is -2.95. The number of H-pyrrole nitrogens is 1. The van der Waals surface area contributed by atoms with Crippen LogP contribution in [-0.2, 0) is 12.8 Å². The van der Waals surface area contributed by atoms with E-state index >= 15 is 0 Å². The van der Waals surface area contributed by atoms with Crippen LogP contribution in [0.4, 0.5) is 4.39 Å². The van der Waals surface area contributed by atoms with Gasteiger partial charge in [0.1, 0.15) is 11.6 Å². The Labute approximate surface area is 261 Å². The standard InChI is InChI=1S/C29H25FN4O3.K/c1-3-6-26-25(28(35)34(18(2)31-26)22-15-13-21(30)14-16-22)17-19-9-11-20(12-10-19)23-7-4-5-8-24(23)27-32-29(36)37-33-27;/h4-5,7-16H,3,6,17H2,1-2H3,(H,32,33,36);. The number of rotatable bonds is 7. The van der Waals surface area contributed by atoms with Gasteiger partial charge in [-0.2, -0.15) is 0 Å². The zero-order chi connectivity index (χ0) is 25.9. The van der Waals surface area contributed by atoms with Gasteiger partial charge < -0.3 is 0 Å². The minimum Gasteiger partial charge on any atom is -0.296 e. The molecule has 0 spiro atoms. The van der Waals surface area contributed by atoms with E-state index in [0.29, 0.717) is 35.7 Å². The van der Waals surface area contributed by atoms with Crippen molar-refractivity contribution in [3.05, 3.63) is 122 Å². The van der Waals surface area contributed by atoms with Crippen molar-refractivity contribution in [1.82, 2.24) is 19.7 Å². The van der Waals surface area contributed by atoms with Crippen molar-refractivity contribution < 1.29 is 8.91 Å². The van der Waals surface area contributed by atoms with E-state index in [9.17, 15) is 14.0 Å². The molecule has 7 nitrogen and oxygen atoms in total. The molecule has 0 bridgehead atoms. The van der Waals surface area contributed by atoms with Gasteiger partial charge in [0, 0.05) is 68.9 Å². The summed E-state index contributed by atoms with van der Waals surface area (Å²) in [5.41, 5.74) is 5.38. The molecule has 5 aromatic rings. The summed E-state index contributed by atoms with van der Waals surface area (Å²) in [5, 5.41) is 3.82. The monoisotopic (exact) mass is 535 g/mol. The van der Waals surface area contributed by atoms with Crippen molar-refractivity contribution in [2.24, 2.45) is 0 Å². The van der Waals surface area contributed by atoms with Crippen LogP contribution in [0.15, 0.2) is 86.9 Å². The molecule has 3 aromatic carbocycles. The van der Waals surface area contributed by atoms with Gasteiger partial charge in [-0.3, -0.25) is 18.9 Å². The molecule has 0 saturated heterocycles. The first kappa shape index (κ1) is 28.1. The molecule has 2 aromatic heterocycles. The summed E-state index contributed by atoms with van der Waals surface area (Å²) in [7, 11) is 0. The van der Waals surface area contributed by atoms with Crippen molar-refractivity contribution in [2.75, 3.05) is 0 Å². The van der Waals surface area contributed by atoms with E-state index in [1.807, 2.05) is 48.5 Å². The first-order chi connectivity index (χ1) is 17.9. The van der Waals surface area contributed by atoms with Crippen LogP contribution in [-0.4, -0.2) is 71.1 Å². The zero-order valence-corrected chi connectivity index (χ0v) is 24.6. The Bertz CT molecular complexity index is 1670. The molecule has 0 aliphatic heterocycles. The predicted octanol–water partition coefficient (Wildman–Crippen LogP) is 4.85. The van der Waals surface area contributed by atoms with Crippen LogP contribution >= 0.6 is 0 Å². The first-order valence-corrected chi connectivity index (χ1v) is 12.1. The van der Waals surface area contributed by atoms with Crippen LogP contribution in [0.3, 0.4) is 0 Å². The molecule has 0 aliphatic carbocycles.